The molecule has 0 heterocycles. The second kappa shape index (κ2) is 12.7. The Balaban J connectivity index is 2.38. The van der Waals surface area contributed by atoms with Gasteiger partial charge in [0.1, 0.15) is 0 Å². The van der Waals surface area contributed by atoms with Gasteiger partial charge in [0, 0.05) is 0 Å². The van der Waals surface area contributed by atoms with Crippen LogP contribution in [0.4, 0.5) is 0 Å². The van der Waals surface area contributed by atoms with Gasteiger partial charge in [-0.05, 0) is 10.6 Å². The molecule has 0 radical (unpaired) electrons. The molecule has 0 fully saturated rings. The Hall–Kier alpha value is -0.406. The number of benzene rings is 2. The molecule has 0 saturated heterocycles. The van der Waals surface area contributed by atoms with E-state index in [0.29, 0.717) is 0 Å². The molecule has 31 heavy (non-hydrogen) atoms. The van der Waals surface area contributed by atoms with Gasteiger partial charge in [0.15, 0.2) is 0 Å². The van der Waals surface area contributed by atoms with E-state index in [2.05, 4.69) is 88.9 Å². The fraction of sp³-hybridized carbons (Fsp3) is 0.556. The van der Waals surface area contributed by atoms with Gasteiger partial charge in [-0.15, -0.1) is 0 Å². The average molecular weight is 491 g/mol. The van der Waals surface area contributed by atoms with Crippen molar-refractivity contribution in [2.75, 3.05) is 0 Å². The van der Waals surface area contributed by atoms with E-state index in [0.717, 1.165) is 0 Å². The van der Waals surface area contributed by atoms with Crippen LogP contribution in [0.15, 0.2) is 48.5 Å². The van der Waals surface area contributed by atoms with Gasteiger partial charge < -0.3 is 0 Å². The third-order valence-corrected chi connectivity index (χ3v) is 17.1. The molecule has 0 aliphatic carbocycles. The van der Waals surface area contributed by atoms with Crippen molar-refractivity contribution in [1.82, 2.24) is 0 Å². The monoisotopic (exact) mass is 490 g/mol. The molecule has 0 aliphatic rings. The van der Waals surface area contributed by atoms with Crippen LogP contribution in [0.25, 0.3) is 0 Å². The quantitative estimate of drug-likeness (QED) is 0.198. The normalized spacial score (nSPS) is 13.4. The molecule has 2 rings (SSSR count). The van der Waals surface area contributed by atoms with E-state index in [1.807, 2.05) is 0 Å². The predicted octanol–water partition coefficient (Wildman–Crippen LogP) is 7.87. The van der Waals surface area contributed by atoms with Crippen LogP contribution < -0.4 is 21.0 Å². The van der Waals surface area contributed by atoms with Gasteiger partial charge in [-0.25, -0.2) is 0 Å². The molecule has 4 heteroatoms. The fourth-order valence-electron chi connectivity index (χ4n) is 4.72. The number of halogens is 1. The molecule has 0 aromatic heterocycles. The molecular formula is C27H44ClPSi2. The topological polar surface area (TPSA) is 0 Å². The summed E-state index contributed by atoms with van der Waals surface area (Å²) in [6.07, 6.45) is 8.08. The lowest BCUT2D eigenvalue weighted by Gasteiger charge is -2.33. The summed E-state index contributed by atoms with van der Waals surface area (Å²) in [6.45, 7) is 14.3. The Kier molecular flexibility index (Phi) is 11.0. The van der Waals surface area contributed by atoms with E-state index in [1.54, 1.807) is 5.19 Å². The zero-order chi connectivity index (χ0) is 22.9. The fourth-order valence-corrected chi connectivity index (χ4v) is 15.3. The number of rotatable bonds is 13. The van der Waals surface area contributed by atoms with Gasteiger partial charge >= 0.3 is 0 Å². The highest BCUT2D eigenvalue weighted by Gasteiger charge is 2.33. The van der Waals surface area contributed by atoms with Crippen LogP contribution in [0.3, 0.4) is 0 Å². The minimum atomic E-state index is -1.44. The molecular weight excluding hydrogens is 447 g/mol. The van der Waals surface area contributed by atoms with E-state index in [9.17, 15) is 0 Å². The predicted molar refractivity (Wildman–Crippen MR) is 152 cm³/mol. The molecule has 0 aliphatic heterocycles. The average Bonchev–Trinajstić information content (AvgIpc) is 2.78. The number of unbranched alkanes of at least 4 members (excludes halogenated alkanes) is 3. The summed E-state index contributed by atoms with van der Waals surface area (Å²) in [6, 6.07) is 23.0. The van der Waals surface area contributed by atoms with Crippen molar-refractivity contribution in [3.8, 4) is 0 Å². The second-order valence-electron chi connectivity index (χ2n) is 10.2. The molecule has 0 N–H and O–H groups in total. The molecule has 1 unspecified atom stereocenters. The first-order chi connectivity index (χ1) is 14.8. The van der Waals surface area contributed by atoms with E-state index < -0.39 is 23.4 Å². The Morgan fingerprint density at radius 2 is 1.19 bits per heavy atom. The first-order valence-electron chi connectivity index (χ1n) is 12.4. The van der Waals surface area contributed by atoms with Crippen LogP contribution >= 0.6 is 18.5 Å². The Bertz CT molecular complexity index is 761. The SMILES string of the molecule is CCCC[Si](CCCC)(CCCC)c1ccc(P(Cl)c2ccccc2[Si](C)(C)C)cc1. The van der Waals surface area contributed by atoms with Crippen molar-refractivity contribution in [3.63, 3.8) is 0 Å². The molecule has 0 bridgehead atoms. The highest BCUT2D eigenvalue weighted by Crippen LogP contribution is 2.39. The highest BCUT2D eigenvalue weighted by atomic mass is 35.7. The standard InChI is InChI=1S/C27H44ClPSi2/c1-7-10-21-31(22-11-8-2,23-12-9-3)25-19-17-24(18-20-25)29(28)26-15-13-14-16-27(26)30(4,5)6/h13-20H,7-12,21-23H2,1-6H3. The Morgan fingerprint density at radius 3 is 1.65 bits per heavy atom. The lowest BCUT2D eigenvalue weighted by atomic mass is 10.3. The Labute approximate surface area is 200 Å². The minimum absolute atomic E-state index is 0.815. The highest BCUT2D eigenvalue weighted by molar-refractivity contribution is 7.96. The van der Waals surface area contributed by atoms with Crippen LogP contribution in [0, 0.1) is 0 Å². The lowest BCUT2D eigenvalue weighted by molar-refractivity contribution is 0.800. The van der Waals surface area contributed by atoms with E-state index in [1.165, 1.54) is 72.5 Å². The zero-order valence-electron chi connectivity index (χ0n) is 20.8. The maximum atomic E-state index is 7.16. The van der Waals surface area contributed by atoms with Crippen molar-refractivity contribution in [2.45, 2.75) is 97.1 Å². The summed E-state index contributed by atoms with van der Waals surface area (Å²) in [5.74, 6) is 0. The van der Waals surface area contributed by atoms with Crippen LogP contribution in [-0.2, 0) is 0 Å². The summed E-state index contributed by atoms with van der Waals surface area (Å²) in [7, 11) is -3.68. The van der Waals surface area contributed by atoms with Gasteiger partial charge in [0.2, 0.25) is 0 Å². The number of hydrogen-bond donors (Lipinski definition) is 0. The molecule has 0 saturated carbocycles. The van der Waals surface area contributed by atoms with Gasteiger partial charge in [0.25, 0.3) is 0 Å². The smallest absolute Gasteiger partial charge is 0.0859 e. The summed E-state index contributed by atoms with van der Waals surface area (Å²) in [5, 5.41) is 5.89. The first kappa shape index (κ1) is 26.8. The molecule has 2 aromatic carbocycles. The van der Waals surface area contributed by atoms with Crippen LogP contribution in [0.5, 0.6) is 0 Å². The van der Waals surface area contributed by atoms with Crippen molar-refractivity contribution >= 4 is 55.6 Å². The minimum Gasteiger partial charge on any atom is -0.0859 e. The van der Waals surface area contributed by atoms with Crippen molar-refractivity contribution in [2.24, 2.45) is 0 Å². The molecule has 2 aromatic rings. The third kappa shape index (κ3) is 7.29. The van der Waals surface area contributed by atoms with Gasteiger partial charge in [-0.1, -0.05) is 167 Å². The van der Waals surface area contributed by atoms with Gasteiger partial charge in [-0.3, -0.25) is 0 Å². The molecule has 172 valence electrons. The first-order valence-corrected chi connectivity index (χ1v) is 20.8. The van der Waals surface area contributed by atoms with Crippen LogP contribution in [-0.4, -0.2) is 16.1 Å². The molecule has 1 atom stereocenters. The molecule has 0 spiro atoms. The largest absolute Gasteiger partial charge is 0.0867 e. The molecule has 0 amide bonds. The zero-order valence-corrected chi connectivity index (χ0v) is 24.5. The maximum Gasteiger partial charge on any atom is 0.0867 e. The van der Waals surface area contributed by atoms with Crippen LogP contribution in [0.1, 0.15) is 59.3 Å². The van der Waals surface area contributed by atoms with Crippen LogP contribution in [0.2, 0.25) is 37.8 Å². The van der Waals surface area contributed by atoms with E-state index in [4.69, 9.17) is 11.2 Å². The summed E-state index contributed by atoms with van der Waals surface area (Å²) >= 11 is 7.16. The summed E-state index contributed by atoms with van der Waals surface area (Å²) in [4.78, 5) is 0. The van der Waals surface area contributed by atoms with E-state index in [-0.39, 0.29) is 0 Å². The Morgan fingerprint density at radius 1 is 0.710 bits per heavy atom. The molecule has 0 nitrogen and oxygen atoms in total. The lowest BCUT2D eigenvalue weighted by Crippen LogP contribution is -2.48. The van der Waals surface area contributed by atoms with Gasteiger partial charge in [-0.2, -0.15) is 0 Å². The van der Waals surface area contributed by atoms with Crippen molar-refractivity contribution in [1.29, 1.82) is 0 Å². The third-order valence-electron chi connectivity index (χ3n) is 6.66. The van der Waals surface area contributed by atoms with E-state index >= 15 is 0 Å². The number of hydrogen-bond acceptors (Lipinski definition) is 0. The maximum absolute atomic E-state index is 7.16. The van der Waals surface area contributed by atoms with Crippen molar-refractivity contribution < 1.29 is 0 Å². The second-order valence-corrected chi connectivity index (χ2v) is 22.4. The summed E-state index contributed by atoms with van der Waals surface area (Å²) < 4.78 is 0. The van der Waals surface area contributed by atoms with Gasteiger partial charge in [0.05, 0.1) is 23.4 Å². The van der Waals surface area contributed by atoms with Crippen molar-refractivity contribution in [3.05, 3.63) is 48.5 Å². The summed E-state index contributed by atoms with van der Waals surface area (Å²) in [5.41, 5.74) is 0.